The summed E-state index contributed by atoms with van der Waals surface area (Å²) in [7, 11) is 0. The van der Waals surface area contributed by atoms with Gasteiger partial charge in [-0.05, 0) is 175 Å². The van der Waals surface area contributed by atoms with E-state index in [2.05, 4.69) is 27.9 Å². The molecule has 0 spiro atoms. The molecule has 0 aromatic rings. The number of carboxylic acid groups (broad SMARTS) is 1. The van der Waals surface area contributed by atoms with Crippen molar-refractivity contribution in [3.63, 3.8) is 0 Å². The molecule has 32 heteroatoms. The molecule has 8 fully saturated rings. The van der Waals surface area contributed by atoms with Crippen molar-refractivity contribution in [2.24, 2.45) is 85.8 Å². The highest BCUT2D eigenvalue weighted by atomic mass is 35.5. The Kier molecular flexibility index (Phi) is 29.6. The van der Waals surface area contributed by atoms with Gasteiger partial charge in [0.1, 0.15) is 22.9 Å². The Hall–Kier alpha value is -5.99. The van der Waals surface area contributed by atoms with Gasteiger partial charge in [-0.25, -0.2) is 9.59 Å². The fourth-order valence-corrected chi connectivity index (χ4v) is 22.4. The van der Waals surface area contributed by atoms with Crippen LogP contribution in [0.2, 0.25) is 0 Å². The molecular weight excluding hydrogens is 1450 g/mol. The number of nitrogens with one attached hydrogen (secondary N) is 3. The summed E-state index contributed by atoms with van der Waals surface area (Å²) in [5.41, 5.74) is 13.5. The standard InChI is InChI=1S/C50H77N7O11S2.C22H29ClO6.C2HF3O2/c1-48-19-17-32(59)23-30(48)15-16-33-34-18-20-50(67,49(34,2)24-38(61)43(33)48)40(62)25-68-42(64)28-69-26-29(45(51)65)22-37(60)35(12-9-21-54-46(52)53)55-41(63)14-6-4-3-5-10-31(58)11-7-8-13-39-44-36(27-70-39)56-47(66)57-44;1-21-9-17(25)20-14-5-3-13(24)8-12(14)2-4-15(20)16(21)6-7-22(21,28)18(26)11-29-19(27)10-23;3-2(4,5)1(6)7/h23,29,33-36,38-39,43-44,61,67H,3-22,24-28H2,1-2H3,(H2,51,65)(H,55,63)(H4,52,53,54)(H2,56,57,66);8,14-17,20,25,28H,2-7,9-11H2,1H3;(H,6,7)/t29-,33-,34-,35+,36-,38-,39-,43+,44-,48-,49-,50-;14?,15-,16-,17-,20+,21-,22-;/m00./s1. The zero-order valence-corrected chi connectivity index (χ0v) is 63.1. The number of guanidine groups is 1. The van der Waals surface area contributed by atoms with Crippen molar-refractivity contribution < 1.29 is 106 Å². The van der Waals surface area contributed by atoms with Crippen molar-refractivity contribution in [2.75, 3.05) is 42.9 Å². The normalized spacial score (nSPS) is 33.6. The highest BCUT2D eigenvalue weighted by Crippen LogP contribution is 2.68. The van der Waals surface area contributed by atoms with Crippen LogP contribution in [0.25, 0.3) is 0 Å². The van der Waals surface area contributed by atoms with Gasteiger partial charge in [-0.15, -0.1) is 23.4 Å². The number of aliphatic carboxylic acids is 1. The molecule has 10 aliphatic rings. The Morgan fingerprint density at radius 1 is 0.745 bits per heavy atom. The zero-order valence-electron chi connectivity index (χ0n) is 60.7. The number of carbonyl (C=O) groups is 12. The molecule has 4 amide bonds. The molecule has 2 aliphatic heterocycles. The average molecular weight is 1560 g/mol. The molecule has 592 valence electrons. The summed E-state index contributed by atoms with van der Waals surface area (Å²) in [5.74, 6) is -6.47. The summed E-state index contributed by atoms with van der Waals surface area (Å²) < 4.78 is 42.0. The maximum Gasteiger partial charge on any atom is 0.490 e. The molecule has 1 unspecified atom stereocenters. The number of carbonyl (C=O) groups excluding carboxylic acids is 11. The quantitative estimate of drug-likeness (QED) is 0.00902. The summed E-state index contributed by atoms with van der Waals surface area (Å²) in [6, 6.07) is -0.665. The third-order valence-corrected chi connectivity index (χ3v) is 28.1. The summed E-state index contributed by atoms with van der Waals surface area (Å²) in [4.78, 5) is 151. The number of hydrogen-bond donors (Lipinski definition) is 11. The van der Waals surface area contributed by atoms with Crippen LogP contribution in [0.3, 0.4) is 0 Å². The molecule has 26 nitrogen and oxygen atoms in total. The van der Waals surface area contributed by atoms with Gasteiger partial charge in [0.15, 0.2) is 36.5 Å². The number of ketones is 6. The van der Waals surface area contributed by atoms with Crippen LogP contribution >= 0.6 is 35.1 Å². The van der Waals surface area contributed by atoms with Crippen LogP contribution in [-0.4, -0.2) is 198 Å². The first-order valence-electron chi connectivity index (χ1n) is 37.4. The minimum absolute atomic E-state index is 0.00532. The van der Waals surface area contributed by atoms with E-state index in [1.807, 2.05) is 25.6 Å². The minimum atomic E-state index is -5.08. The monoisotopic (exact) mass is 1550 g/mol. The molecule has 6 saturated carbocycles. The Balaban J connectivity index is 0.000000321. The molecule has 10 rings (SSSR count). The number of ether oxygens (including phenoxy) is 2. The molecule has 14 N–H and O–H groups in total. The number of aliphatic hydroxyl groups excluding tert-OH is 2. The highest BCUT2D eigenvalue weighted by Gasteiger charge is 2.70. The van der Waals surface area contributed by atoms with E-state index in [-0.39, 0.29) is 150 Å². The molecule has 106 heavy (non-hydrogen) atoms. The number of fused-ring (bicyclic) bond motifs is 11. The Bertz CT molecular complexity index is 3400. The first kappa shape index (κ1) is 85.6. The van der Waals surface area contributed by atoms with Crippen molar-refractivity contribution in [1.29, 1.82) is 0 Å². The van der Waals surface area contributed by atoms with Crippen molar-refractivity contribution >= 4 is 112 Å². The van der Waals surface area contributed by atoms with E-state index in [9.17, 15) is 86.3 Å². The SMILES string of the molecule is C[C@]12CCC(=O)C=C1CC[C@@H]1[C@@H]2[C@@H](O)C[C@@]2(C)[C@H]1CC[C@]2(O)C(=O)COC(=O)CSC[C@H](CC(=O)[C@@H](CCCN=C(N)N)NC(=O)CCCCCCC(=O)CCCC[C@@H]1SC[C@@H]2NC(=O)N[C@@H]21)C(N)=O.C[C@]12C[C@H](O)[C@@H]3C4CCC(=O)C=C4CC[C@H]3[C@@H]1CC[C@]2(O)C(=O)COC(=O)CCl.O=C(O)C(F)(F)F. The average Bonchev–Trinajstić information content (AvgIpc) is 1.49. The second kappa shape index (κ2) is 36.7. The number of thioether (sulfide) groups is 2. The number of nitrogens with zero attached hydrogens (tertiary/aromatic N) is 1. The number of unbranched alkanes of at least 4 members (excludes halogenated alkanes) is 4. The van der Waals surface area contributed by atoms with Crippen LogP contribution in [0, 0.1) is 63.6 Å². The van der Waals surface area contributed by atoms with Crippen LogP contribution in [0.15, 0.2) is 28.3 Å². The van der Waals surface area contributed by atoms with E-state index >= 15 is 0 Å². The van der Waals surface area contributed by atoms with Crippen LogP contribution in [0.4, 0.5) is 18.0 Å². The smallest absolute Gasteiger partial charge is 0.475 e. The molecule has 2 saturated heterocycles. The number of primary amides is 1. The number of nitrogens with two attached hydrogens (primary N) is 3. The van der Waals surface area contributed by atoms with Gasteiger partial charge < -0.3 is 68.2 Å². The second-order valence-corrected chi connectivity index (χ2v) is 34.1. The number of rotatable bonds is 32. The van der Waals surface area contributed by atoms with Crippen molar-refractivity contribution in [2.45, 2.75) is 247 Å². The number of allylic oxidation sites excluding steroid dienone is 2. The number of Topliss-reactive ketones (excluding diaryl/α,β-unsaturated/α-hetero) is 4. The van der Waals surface area contributed by atoms with E-state index in [1.165, 1.54) is 5.57 Å². The number of esters is 2. The lowest BCUT2D eigenvalue weighted by atomic mass is 9.45. The van der Waals surface area contributed by atoms with Crippen molar-refractivity contribution in [1.82, 2.24) is 16.0 Å². The number of hydrogen-bond acceptors (Lipinski definition) is 21. The van der Waals surface area contributed by atoms with Crippen molar-refractivity contribution in [3.8, 4) is 0 Å². The van der Waals surface area contributed by atoms with Crippen LogP contribution in [-0.2, 0) is 62.2 Å². The van der Waals surface area contributed by atoms with E-state index < -0.39 is 107 Å². The first-order valence-corrected chi connectivity index (χ1v) is 40.1. The fourth-order valence-electron chi connectivity index (χ4n) is 19.9. The molecule has 0 aromatic heterocycles. The predicted molar refractivity (Wildman–Crippen MR) is 386 cm³/mol. The van der Waals surface area contributed by atoms with E-state index in [0.717, 1.165) is 93.7 Å². The van der Waals surface area contributed by atoms with Gasteiger partial charge in [0.25, 0.3) is 0 Å². The molecule has 2 heterocycles. The number of aliphatic hydroxyl groups is 4. The van der Waals surface area contributed by atoms with Crippen LogP contribution < -0.4 is 33.2 Å². The molecule has 0 radical (unpaired) electrons. The summed E-state index contributed by atoms with van der Waals surface area (Å²) >= 11 is 8.31. The Morgan fingerprint density at radius 3 is 1.96 bits per heavy atom. The number of amides is 4. The predicted octanol–water partition coefficient (Wildman–Crippen LogP) is 6.11. The Morgan fingerprint density at radius 2 is 1.34 bits per heavy atom. The van der Waals surface area contributed by atoms with Crippen LogP contribution in [0.1, 0.15) is 194 Å². The second-order valence-electron chi connectivity index (χ2n) is 31.6. The van der Waals surface area contributed by atoms with Gasteiger partial charge in [-0.2, -0.15) is 24.9 Å². The Labute approximate surface area is 629 Å². The lowest BCUT2D eigenvalue weighted by molar-refractivity contribution is -0.192. The molecule has 19 atom stereocenters. The number of carboxylic acids is 1. The van der Waals surface area contributed by atoms with E-state index in [1.54, 1.807) is 12.2 Å². The highest BCUT2D eigenvalue weighted by molar-refractivity contribution is 8.00. The fraction of sp³-hybridized carbons (Fsp3) is 0.770. The summed E-state index contributed by atoms with van der Waals surface area (Å²) in [6.07, 6.45) is 12.1. The molecular formula is C74H107ClF3N7O19S2. The van der Waals surface area contributed by atoms with Gasteiger partial charge in [-0.3, -0.25) is 52.9 Å². The third kappa shape index (κ3) is 20.0. The lowest BCUT2D eigenvalue weighted by Crippen LogP contribution is -2.62. The van der Waals surface area contributed by atoms with Gasteiger partial charge >= 0.3 is 30.1 Å². The maximum absolute atomic E-state index is 13.8. The van der Waals surface area contributed by atoms with Crippen LogP contribution in [0.5, 0.6) is 0 Å². The number of urea groups is 1. The number of aliphatic imine (C=N–C) groups is 1. The zero-order chi connectivity index (χ0) is 77.9. The van der Waals surface area contributed by atoms with E-state index in [0.29, 0.717) is 75.9 Å². The lowest BCUT2D eigenvalue weighted by Gasteiger charge is -2.60. The topological polar surface area (TPSA) is 451 Å². The molecule has 0 aromatic carbocycles. The van der Waals surface area contributed by atoms with Gasteiger partial charge in [0.05, 0.1) is 42.0 Å². The minimum Gasteiger partial charge on any atom is -0.475 e. The molecule has 8 aliphatic carbocycles. The van der Waals surface area contributed by atoms with E-state index in [4.69, 9.17) is 48.2 Å². The number of alkyl halides is 4. The maximum atomic E-state index is 13.8. The van der Waals surface area contributed by atoms with Gasteiger partial charge in [-0.1, -0.05) is 51.2 Å². The molecule has 0 bridgehead atoms. The first-order chi connectivity index (χ1) is 49.9. The van der Waals surface area contributed by atoms with Crippen molar-refractivity contribution in [3.05, 3.63) is 23.3 Å². The summed E-state index contributed by atoms with van der Waals surface area (Å²) in [6.45, 7) is 4.98. The third-order valence-electron chi connectivity index (χ3n) is 25.3. The largest absolute Gasteiger partial charge is 0.490 e. The number of halogens is 4. The van der Waals surface area contributed by atoms with Gasteiger partial charge in [0, 0.05) is 72.7 Å². The summed E-state index contributed by atoms with van der Waals surface area (Å²) in [5, 5.41) is 62.6. The van der Waals surface area contributed by atoms with Gasteiger partial charge in [0.2, 0.25) is 23.4 Å².